The van der Waals surface area contributed by atoms with Gasteiger partial charge in [-0.25, -0.2) is 9.59 Å². The number of ether oxygens (including phenoxy) is 3. The molecule has 0 spiro atoms. The molecule has 4 fully saturated rings. The zero-order chi connectivity index (χ0) is 33.2. The standard InChI is InChI=1S/C19H25NO4.C18H23NO4/c1-23-19(22)17-13-24-10-9-20(17)18(21)16-8-7-15(12-16)11-14-5-3-2-4-6-14;20-17(19-8-9-23-12-16(19)18(21)22)15-7-6-14(11-15)10-13-4-2-1-3-5-13/h2-6,15-17H,7-13H2,1H3;1-5,14-16H,6-12H2,(H,21,22)/t15-,16+,17-;14-,15+,16-/m00/s1. The van der Waals surface area contributed by atoms with Gasteiger partial charge >= 0.3 is 11.9 Å². The van der Waals surface area contributed by atoms with Gasteiger partial charge in [0.25, 0.3) is 0 Å². The molecule has 2 heterocycles. The Bertz CT molecular complexity index is 1340. The Balaban J connectivity index is 0.000000185. The summed E-state index contributed by atoms with van der Waals surface area (Å²) < 4.78 is 15.4. The minimum atomic E-state index is -0.975. The fourth-order valence-corrected chi connectivity index (χ4v) is 7.60. The van der Waals surface area contributed by atoms with Crippen LogP contribution in [0.1, 0.15) is 49.7 Å². The van der Waals surface area contributed by atoms with Gasteiger partial charge in [-0.2, -0.15) is 0 Å². The molecule has 47 heavy (non-hydrogen) atoms. The number of carboxylic acids is 1. The van der Waals surface area contributed by atoms with Crippen LogP contribution in [0.4, 0.5) is 0 Å². The number of methoxy groups -OCH3 is 1. The minimum Gasteiger partial charge on any atom is -0.480 e. The zero-order valence-corrected chi connectivity index (χ0v) is 27.3. The molecule has 0 bridgehead atoms. The monoisotopic (exact) mass is 648 g/mol. The highest BCUT2D eigenvalue weighted by Gasteiger charge is 2.40. The highest BCUT2D eigenvalue weighted by atomic mass is 16.5. The molecule has 10 heteroatoms. The molecule has 2 amide bonds. The fourth-order valence-electron chi connectivity index (χ4n) is 7.60. The number of carbonyl (C=O) groups excluding carboxylic acids is 3. The van der Waals surface area contributed by atoms with E-state index in [1.165, 1.54) is 23.1 Å². The molecule has 2 aromatic carbocycles. The lowest BCUT2D eigenvalue weighted by atomic mass is 9.96. The second kappa shape index (κ2) is 16.9. The zero-order valence-electron chi connectivity index (χ0n) is 27.3. The van der Waals surface area contributed by atoms with E-state index in [2.05, 4.69) is 36.4 Å². The summed E-state index contributed by atoms with van der Waals surface area (Å²) >= 11 is 0. The number of benzene rings is 2. The molecular formula is C37H48N2O8. The molecule has 1 N–H and O–H groups in total. The molecule has 2 aliphatic carbocycles. The highest BCUT2D eigenvalue weighted by molar-refractivity contribution is 5.86. The average molecular weight is 649 g/mol. The van der Waals surface area contributed by atoms with Crippen LogP contribution in [0.2, 0.25) is 0 Å². The number of carbonyl (C=O) groups is 4. The van der Waals surface area contributed by atoms with Gasteiger partial charge in [-0.1, -0.05) is 60.7 Å². The normalized spacial score (nSPS) is 27.4. The summed E-state index contributed by atoms with van der Waals surface area (Å²) in [5.74, 6) is -0.249. The smallest absolute Gasteiger partial charge is 0.331 e. The molecule has 10 nitrogen and oxygen atoms in total. The third-order valence-corrected chi connectivity index (χ3v) is 10.1. The average Bonchev–Trinajstić information content (AvgIpc) is 3.78. The van der Waals surface area contributed by atoms with E-state index in [0.717, 1.165) is 51.4 Å². The van der Waals surface area contributed by atoms with Crippen molar-refractivity contribution in [1.29, 1.82) is 0 Å². The first-order valence-corrected chi connectivity index (χ1v) is 17.0. The van der Waals surface area contributed by atoms with Crippen molar-refractivity contribution < 1.29 is 38.5 Å². The van der Waals surface area contributed by atoms with Crippen molar-refractivity contribution in [3.63, 3.8) is 0 Å². The van der Waals surface area contributed by atoms with E-state index in [4.69, 9.17) is 14.2 Å². The van der Waals surface area contributed by atoms with Crippen LogP contribution in [0.15, 0.2) is 60.7 Å². The van der Waals surface area contributed by atoms with Crippen molar-refractivity contribution in [3.05, 3.63) is 71.8 Å². The van der Waals surface area contributed by atoms with E-state index >= 15 is 0 Å². The minimum absolute atomic E-state index is 0.00346. The van der Waals surface area contributed by atoms with Gasteiger partial charge in [0, 0.05) is 24.9 Å². The van der Waals surface area contributed by atoms with Crippen LogP contribution in [-0.2, 0) is 46.2 Å². The molecule has 6 atom stereocenters. The van der Waals surface area contributed by atoms with Gasteiger partial charge < -0.3 is 29.1 Å². The lowest BCUT2D eigenvalue weighted by molar-refractivity contribution is -0.162. The van der Waals surface area contributed by atoms with Crippen molar-refractivity contribution in [3.8, 4) is 0 Å². The number of carboxylic acid groups (broad SMARTS) is 1. The quantitative estimate of drug-likeness (QED) is 0.427. The van der Waals surface area contributed by atoms with Crippen LogP contribution >= 0.6 is 0 Å². The van der Waals surface area contributed by atoms with Crippen molar-refractivity contribution in [2.45, 2.75) is 63.5 Å². The molecule has 2 saturated carbocycles. The predicted molar refractivity (Wildman–Crippen MR) is 174 cm³/mol. The van der Waals surface area contributed by atoms with E-state index in [1.54, 1.807) is 4.90 Å². The van der Waals surface area contributed by atoms with Crippen LogP contribution < -0.4 is 0 Å². The van der Waals surface area contributed by atoms with Crippen LogP contribution in [0, 0.1) is 23.7 Å². The van der Waals surface area contributed by atoms with Gasteiger partial charge in [0.05, 0.1) is 33.5 Å². The fraction of sp³-hybridized carbons (Fsp3) is 0.568. The first-order chi connectivity index (χ1) is 22.8. The second-order valence-corrected chi connectivity index (χ2v) is 13.2. The summed E-state index contributed by atoms with van der Waals surface area (Å²) in [5.41, 5.74) is 2.63. The maximum Gasteiger partial charge on any atom is 0.331 e. The van der Waals surface area contributed by atoms with Gasteiger partial charge in [-0.05, 0) is 74.3 Å². The van der Waals surface area contributed by atoms with Crippen molar-refractivity contribution >= 4 is 23.8 Å². The van der Waals surface area contributed by atoms with E-state index in [0.29, 0.717) is 38.1 Å². The summed E-state index contributed by atoms with van der Waals surface area (Å²) in [5, 5.41) is 9.27. The molecule has 0 unspecified atom stereocenters. The Labute approximate surface area is 277 Å². The van der Waals surface area contributed by atoms with Crippen LogP contribution in [0.25, 0.3) is 0 Å². The number of esters is 1. The third-order valence-electron chi connectivity index (χ3n) is 10.1. The van der Waals surface area contributed by atoms with Gasteiger partial charge in [-0.3, -0.25) is 9.59 Å². The molecule has 2 aliphatic heterocycles. The molecule has 0 aromatic heterocycles. The number of morpholine rings is 2. The second-order valence-electron chi connectivity index (χ2n) is 13.2. The summed E-state index contributed by atoms with van der Waals surface area (Å²) in [4.78, 5) is 52.0. The molecule has 2 saturated heterocycles. The largest absolute Gasteiger partial charge is 0.480 e. The Kier molecular flexibility index (Phi) is 12.4. The van der Waals surface area contributed by atoms with Gasteiger partial charge in [0.15, 0.2) is 12.1 Å². The number of hydrogen-bond acceptors (Lipinski definition) is 7. The number of amides is 2. The Morgan fingerprint density at radius 3 is 1.60 bits per heavy atom. The number of aliphatic carboxylic acids is 1. The van der Waals surface area contributed by atoms with Crippen molar-refractivity contribution in [1.82, 2.24) is 9.80 Å². The molecule has 6 rings (SSSR count). The molecule has 4 aliphatic rings. The van der Waals surface area contributed by atoms with Crippen molar-refractivity contribution in [2.24, 2.45) is 23.7 Å². The summed E-state index contributed by atoms with van der Waals surface area (Å²) in [6, 6.07) is 19.3. The van der Waals surface area contributed by atoms with E-state index in [-0.39, 0.29) is 42.8 Å². The number of nitrogens with zero attached hydrogens (tertiary/aromatic N) is 2. The van der Waals surface area contributed by atoms with Crippen LogP contribution in [-0.4, -0.2) is 97.4 Å². The number of hydrogen-bond donors (Lipinski definition) is 1. The first kappa shape index (κ1) is 34.6. The van der Waals surface area contributed by atoms with E-state index in [9.17, 15) is 24.3 Å². The molecule has 0 radical (unpaired) electrons. The Hall–Kier alpha value is -3.76. The summed E-state index contributed by atoms with van der Waals surface area (Å²) in [7, 11) is 1.35. The summed E-state index contributed by atoms with van der Waals surface area (Å²) in [6.07, 6.45) is 7.65. The topological polar surface area (TPSA) is 123 Å². The lowest BCUT2D eigenvalue weighted by Gasteiger charge is -2.35. The maximum absolute atomic E-state index is 12.9. The lowest BCUT2D eigenvalue weighted by Crippen LogP contribution is -2.54. The maximum atomic E-state index is 12.9. The molecule has 254 valence electrons. The van der Waals surface area contributed by atoms with Gasteiger partial charge in [0.1, 0.15) is 0 Å². The Morgan fingerprint density at radius 1 is 0.702 bits per heavy atom. The van der Waals surface area contributed by atoms with Gasteiger partial charge in [0.2, 0.25) is 11.8 Å². The summed E-state index contributed by atoms with van der Waals surface area (Å²) in [6.45, 7) is 2.10. The molecular weight excluding hydrogens is 600 g/mol. The van der Waals surface area contributed by atoms with Crippen LogP contribution in [0.3, 0.4) is 0 Å². The van der Waals surface area contributed by atoms with E-state index in [1.807, 2.05) is 24.3 Å². The SMILES string of the molecule is COC(=O)[C@@H]1COCCN1C(=O)[C@@H]1CC[C@@H](Cc2ccccc2)C1.O=C(O)[C@@H]1COCCN1C(=O)[C@@H]1CC[C@@H](Cc2ccccc2)C1. The van der Waals surface area contributed by atoms with E-state index < -0.39 is 18.1 Å². The molecule has 2 aromatic rings. The van der Waals surface area contributed by atoms with Crippen LogP contribution in [0.5, 0.6) is 0 Å². The number of rotatable bonds is 8. The Morgan fingerprint density at radius 2 is 1.15 bits per heavy atom. The predicted octanol–water partition coefficient (Wildman–Crippen LogP) is 4.00. The first-order valence-electron chi connectivity index (χ1n) is 17.0. The van der Waals surface area contributed by atoms with Gasteiger partial charge in [-0.15, -0.1) is 0 Å². The van der Waals surface area contributed by atoms with Crippen molar-refractivity contribution in [2.75, 3.05) is 46.6 Å². The highest BCUT2D eigenvalue weighted by Crippen LogP contribution is 2.36. The third kappa shape index (κ3) is 9.20.